The number of nitrogens with zero attached hydrogens (tertiary/aromatic N) is 1. The fourth-order valence-corrected chi connectivity index (χ4v) is 5.08. The summed E-state index contributed by atoms with van der Waals surface area (Å²) in [5.41, 5.74) is 10.8. The molecule has 190 valence electrons. The maximum Gasteiger partial charge on any atom is 0.254 e. The van der Waals surface area contributed by atoms with E-state index >= 15 is 4.39 Å². The van der Waals surface area contributed by atoms with Crippen molar-refractivity contribution in [2.75, 3.05) is 26.8 Å². The molecular weight excluding hydrogens is 455 g/mol. The van der Waals surface area contributed by atoms with E-state index in [1.54, 1.807) is 24.1 Å². The van der Waals surface area contributed by atoms with Crippen LogP contribution in [0, 0.1) is 12.7 Å². The van der Waals surface area contributed by atoms with Crippen LogP contribution in [0.25, 0.3) is 11.1 Å². The van der Waals surface area contributed by atoms with Crippen molar-refractivity contribution in [1.29, 1.82) is 0 Å². The van der Waals surface area contributed by atoms with Gasteiger partial charge in [-0.2, -0.15) is 0 Å². The van der Waals surface area contributed by atoms with Crippen LogP contribution in [0.3, 0.4) is 0 Å². The lowest BCUT2D eigenvalue weighted by atomic mass is 9.82. The standard InChI is InChI=1S/C30H35FN2O3/c1-20-8-5-10-22(16-20)29-25(13-7-14-26(29)31)24(12-3-4-15-36-2)21-9-6-11-23(17-21)30(35)33-18-27(32)28(34)19-33/h5-11,13-14,16-17,24,27-28,34H,3-4,12,15,18-19,32H2,1-2H3/t24-,27-,28+/m1/s1. The van der Waals surface area contributed by atoms with Crippen molar-refractivity contribution in [3.63, 3.8) is 0 Å². The van der Waals surface area contributed by atoms with Gasteiger partial charge in [-0.3, -0.25) is 4.79 Å². The summed E-state index contributed by atoms with van der Waals surface area (Å²) in [7, 11) is 1.69. The summed E-state index contributed by atoms with van der Waals surface area (Å²) in [5, 5.41) is 10.0. The van der Waals surface area contributed by atoms with E-state index in [0.717, 1.165) is 41.5 Å². The Morgan fingerprint density at radius 3 is 2.61 bits per heavy atom. The Morgan fingerprint density at radius 2 is 1.89 bits per heavy atom. The van der Waals surface area contributed by atoms with Crippen molar-refractivity contribution in [2.45, 2.75) is 44.2 Å². The minimum Gasteiger partial charge on any atom is -0.390 e. The van der Waals surface area contributed by atoms with Gasteiger partial charge in [-0.05, 0) is 54.7 Å². The van der Waals surface area contributed by atoms with Gasteiger partial charge in [0, 0.05) is 49.9 Å². The Bertz CT molecular complexity index is 1190. The maximum absolute atomic E-state index is 15.4. The summed E-state index contributed by atoms with van der Waals surface area (Å²) in [5.74, 6) is -0.514. The Morgan fingerprint density at radius 1 is 1.11 bits per heavy atom. The average Bonchev–Trinajstić information content (AvgIpc) is 3.21. The van der Waals surface area contributed by atoms with Crippen LogP contribution in [0.4, 0.5) is 4.39 Å². The molecule has 1 amide bonds. The van der Waals surface area contributed by atoms with Crippen molar-refractivity contribution in [3.8, 4) is 11.1 Å². The SMILES string of the molecule is COCCCC[C@H](c1cccc(C(=O)N2C[C@@H](N)[C@@H](O)C2)c1)c1cccc(F)c1-c1cccc(C)c1. The van der Waals surface area contributed by atoms with E-state index in [1.807, 2.05) is 55.5 Å². The van der Waals surface area contributed by atoms with Crippen LogP contribution in [0.1, 0.15) is 52.2 Å². The number of nitrogens with two attached hydrogens (primary N) is 1. The number of carbonyl (C=O) groups excluding carboxylic acids is 1. The first-order chi connectivity index (χ1) is 17.4. The third-order valence-electron chi connectivity index (χ3n) is 6.98. The molecule has 1 fully saturated rings. The number of β-amino-alcohol motifs (C(OH)–C–C–N with tert-alkyl or cyclic N) is 1. The van der Waals surface area contributed by atoms with Gasteiger partial charge in [-0.15, -0.1) is 0 Å². The lowest BCUT2D eigenvalue weighted by Crippen LogP contribution is -2.33. The van der Waals surface area contributed by atoms with Crippen molar-refractivity contribution in [2.24, 2.45) is 5.73 Å². The summed E-state index contributed by atoms with van der Waals surface area (Å²) < 4.78 is 20.6. The molecule has 3 aromatic carbocycles. The highest BCUT2D eigenvalue weighted by Crippen LogP contribution is 2.38. The fourth-order valence-electron chi connectivity index (χ4n) is 5.08. The number of carbonyl (C=O) groups is 1. The van der Waals surface area contributed by atoms with Gasteiger partial charge in [-0.1, -0.05) is 60.5 Å². The molecule has 4 rings (SSSR count). The zero-order chi connectivity index (χ0) is 25.7. The molecule has 0 aromatic heterocycles. The van der Waals surface area contributed by atoms with Crippen LogP contribution >= 0.6 is 0 Å². The van der Waals surface area contributed by atoms with Gasteiger partial charge in [0.25, 0.3) is 5.91 Å². The minimum atomic E-state index is -0.713. The summed E-state index contributed by atoms with van der Waals surface area (Å²) >= 11 is 0. The summed E-state index contributed by atoms with van der Waals surface area (Å²) in [6, 6.07) is 20.3. The molecule has 1 aliphatic heterocycles. The van der Waals surface area contributed by atoms with E-state index in [4.69, 9.17) is 10.5 Å². The molecule has 36 heavy (non-hydrogen) atoms. The zero-order valence-corrected chi connectivity index (χ0v) is 21.0. The number of methoxy groups -OCH3 is 1. The second-order valence-electron chi connectivity index (χ2n) is 9.68. The first-order valence-electron chi connectivity index (χ1n) is 12.6. The second-order valence-corrected chi connectivity index (χ2v) is 9.68. The molecule has 0 saturated carbocycles. The Hall–Kier alpha value is -3.06. The van der Waals surface area contributed by atoms with Crippen molar-refractivity contribution in [3.05, 3.63) is 94.8 Å². The highest BCUT2D eigenvalue weighted by Gasteiger charge is 2.32. The predicted molar refractivity (Wildman–Crippen MR) is 140 cm³/mol. The van der Waals surface area contributed by atoms with E-state index in [0.29, 0.717) is 24.3 Å². The van der Waals surface area contributed by atoms with Crippen molar-refractivity contribution >= 4 is 5.91 Å². The quantitative estimate of drug-likeness (QED) is 0.419. The van der Waals surface area contributed by atoms with Crippen LogP contribution in [0.5, 0.6) is 0 Å². The molecule has 3 atom stereocenters. The van der Waals surface area contributed by atoms with Crippen LogP contribution in [0.2, 0.25) is 0 Å². The summed E-state index contributed by atoms with van der Waals surface area (Å²) in [6.07, 6.45) is 1.86. The number of likely N-dealkylation sites (tertiary alicyclic amines) is 1. The number of amides is 1. The number of hydrogen-bond acceptors (Lipinski definition) is 4. The number of rotatable bonds is 9. The Kier molecular flexibility index (Phi) is 8.52. The van der Waals surface area contributed by atoms with Gasteiger partial charge in [-0.25, -0.2) is 4.39 Å². The monoisotopic (exact) mass is 490 g/mol. The molecule has 3 N–H and O–H groups in total. The van der Waals surface area contributed by atoms with Crippen LogP contribution in [-0.2, 0) is 4.74 Å². The van der Waals surface area contributed by atoms with Gasteiger partial charge in [0.05, 0.1) is 6.10 Å². The number of hydrogen-bond donors (Lipinski definition) is 2. The van der Waals surface area contributed by atoms with Crippen LogP contribution in [0.15, 0.2) is 66.7 Å². The maximum atomic E-state index is 15.4. The molecular formula is C30H35FN2O3. The smallest absolute Gasteiger partial charge is 0.254 e. The number of ether oxygens (including phenoxy) is 1. The number of aliphatic hydroxyl groups is 1. The molecule has 0 bridgehead atoms. The molecule has 1 aliphatic rings. The number of aryl methyl sites for hydroxylation is 1. The first-order valence-corrected chi connectivity index (χ1v) is 12.6. The lowest BCUT2D eigenvalue weighted by molar-refractivity contribution is 0.0765. The highest BCUT2D eigenvalue weighted by atomic mass is 19.1. The number of aliphatic hydroxyl groups excluding tert-OH is 1. The van der Waals surface area contributed by atoms with E-state index < -0.39 is 12.1 Å². The molecule has 6 heteroatoms. The third-order valence-corrected chi connectivity index (χ3v) is 6.98. The summed E-state index contributed by atoms with van der Waals surface area (Å²) in [4.78, 5) is 14.8. The summed E-state index contributed by atoms with van der Waals surface area (Å²) in [6.45, 7) is 3.22. The highest BCUT2D eigenvalue weighted by molar-refractivity contribution is 5.94. The van der Waals surface area contributed by atoms with Crippen molar-refractivity contribution < 1.29 is 19.0 Å². The first kappa shape index (κ1) is 26.0. The predicted octanol–water partition coefficient (Wildman–Crippen LogP) is 4.89. The van der Waals surface area contributed by atoms with Gasteiger partial charge in [0.15, 0.2) is 0 Å². The molecule has 5 nitrogen and oxygen atoms in total. The van der Waals surface area contributed by atoms with Gasteiger partial charge in [0.2, 0.25) is 0 Å². The fraction of sp³-hybridized carbons (Fsp3) is 0.367. The van der Waals surface area contributed by atoms with Crippen LogP contribution in [-0.4, -0.2) is 54.9 Å². The molecule has 0 spiro atoms. The van der Waals surface area contributed by atoms with E-state index in [2.05, 4.69) is 0 Å². The van der Waals surface area contributed by atoms with Gasteiger partial charge < -0.3 is 20.5 Å². The van der Waals surface area contributed by atoms with Crippen LogP contribution < -0.4 is 5.73 Å². The topological polar surface area (TPSA) is 75.8 Å². The normalized spacial score (nSPS) is 18.4. The Balaban J connectivity index is 1.74. The minimum absolute atomic E-state index is 0.104. The molecule has 3 aromatic rings. The van der Waals surface area contributed by atoms with Gasteiger partial charge in [0.1, 0.15) is 5.82 Å². The molecule has 1 heterocycles. The Labute approximate surface area is 212 Å². The largest absolute Gasteiger partial charge is 0.390 e. The van der Waals surface area contributed by atoms with Gasteiger partial charge >= 0.3 is 0 Å². The number of halogens is 1. The molecule has 0 radical (unpaired) electrons. The molecule has 1 saturated heterocycles. The third kappa shape index (κ3) is 5.84. The van der Waals surface area contributed by atoms with Crippen molar-refractivity contribution in [1.82, 2.24) is 4.90 Å². The molecule has 0 aliphatic carbocycles. The molecule has 0 unspecified atom stereocenters. The zero-order valence-electron chi connectivity index (χ0n) is 21.0. The van der Waals surface area contributed by atoms with E-state index in [-0.39, 0.29) is 24.2 Å². The number of unbranched alkanes of at least 4 members (excludes halogenated alkanes) is 1. The van der Waals surface area contributed by atoms with E-state index in [9.17, 15) is 9.90 Å². The lowest BCUT2D eigenvalue weighted by Gasteiger charge is -2.23. The second kappa shape index (κ2) is 11.8. The van der Waals surface area contributed by atoms with E-state index in [1.165, 1.54) is 6.07 Å². The average molecular weight is 491 g/mol. The number of benzene rings is 3.